The van der Waals surface area contributed by atoms with Gasteiger partial charge >= 0.3 is 0 Å². The Kier molecular flexibility index (Phi) is 10.8. The lowest BCUT2D eigenvalue weighted by Crippen LogP contribution is -2.30. The van der Waals surface area contributed by atoms with Crippen LogP contribution in [0.25, 0.3) is 11.3 Å². The summed E-state index contributed by atoms with van der Waals surface area (Å²) in [6.45, 7) is 0.463. The second-order valence-electron chi connectivity index (χ2n) is 15.5. The van der Waals surface area contributed by atoms with Crippen LogP contribution >= 0.6 is 0 Å². The van der Waals surface area contributed by atoms with Crippen molar-refractivity contribution in [1.29, 1.82) is 0 Å². The van der Waals surface area contributed by atoms with Crippen molar-refractivity contribution in [3.05, 3.63) is 220 Å². The monoisotopic (exact) mass is 862 g/mol. The number of imide groups is 2. The number of phenols is 1. The van der Waals surface area contributed by atoms with E-state index < -0.39 is 23.6 Å². The molecule has 4 amide bonds. The van der Waals surface area contributed by atoms with Gasteiger partial charge < -0.3 is 19.0 Å². The molecule has 10 rings (SSSR count). The van der Waals surface area contributed by atoms with Gasteiger partial charge in [0.15, 0.2) is 0 Å². The maximum Gasteiger partial charge on any atom is 0.285 e. The number of nitrogens with zero attached hydrogens (tertiary/aromatic N) is 6. The molecule has 6 aromatic carbocycles. The second kappa shape index (κ2) is 17.4. The Balaban J connectivity index is 0.891. The number of amides is 4. The molecule has 14 nitrogen and oxygen atoms in total. The zero-order chi connectivity index (χ0) is 44.4. The molecular weight excluding hydrogens is 825 g/mol. The first-order valence-electron chi connectivity index (χ1n) is 20.7. The molecule has 65 heavy (non-hydrogen) atoms. The molecule has 0 saturated carbocycles. The van der Waals surface area contributed by atoms with Crippen molar-refractivity contribution in [2.75, 3.05) is 0 Å². The van der Waals surface area contributed by atoms with E-state index in [0.717, 1.165) is 32.5 Å². The Morgan fingerprint density at radius 1 is 0.477 bits per heavy atom. The molecule has 0 unspecified atom stereocenters. The van der Waals surface area contributed by atoms with Crippen molar-refractivity contribution < 1.29 is 38.7 Å². The van der Waals surface area contributed by atoms with Crippen LogP contribution in [0, 0.1) is 0 Å². The Morgan fingerprint density at radius 3 is 1.58 bits per heavy atom. The van der Waals surface area contributed by atoms with E-state index in [0.29, 0.717) is 64.8 Å². The summed E-state index contributed by atoms with van der Waals surface area (Å²) in [5.74, 6) is -0.905. The Bertz CT molecular complexity index is 3070. The molecular formula is C51H38N6O8. The van der Waals surface area contributed by atoms with Crippen LogP contribution in [0.2, 0.25) is 0 Å². The second-order valence-corrected chi connectivity index (χ2v) is 15.5. The molecule has 0 fully saturated rings. The molecule has 320 valence electrons. The lowest BCUT2D eigenvalue weighted by atomic mass is 10.1. The van der Waals surface area contributed by atoms with Crippen LogP contribution in [0.3, 0.4) is 0 Å². The lowest BCUT2D eigenvalue weighted by Gasteiger charge is -2.16. The summed E-state index contributed by atoms with van der Waals surface area (Å²) >= 11 is 0. The van der Waals surface area contributed by atoms with Crippen molar-refractivity contribution >= 4 is 23.6 Å². The maximum atomic E-state index is 13.2. The Morgan fingerprint density at radius 2 is 0.969 bits per heavy atom. The van der Waals surface area contributed by atoms with Crippen LogP contribution in [0.1, 0.15) is 75.2 Å². The van der Waals surface area contributed by atoms with Gasteiger partial charge in [-0.05, 0) is 77.4 Å². The van der Waals surface area contributed by atoms with E-state index in [2.05, 4.69) is 0 Å². The van der Waals surface area contributed by atoms with Crippen molar-refractivity contribution in [2.45, 2.75) is 32.7 Å². The van der Waals surface area contributed by atoms with Crippen molar-refractivity contribution in [1.82, 2.24) is 29.2 Å². The molecule has 8 aromatic rings. The number of hydrogen-bond donors (Lipinski definition) is 1. The third-order valence-corrected chi connectivity index (χ3v) is 11.2. The highest BCUT2D eigenvalue weighted by molar-refractivity contribution is 6.21. The molecule has 2 aromatic heterocycles. The van der Waals surface area contributed by atoms with Crippen LogP contribution in [0.5, 0.6) is 17.2 Å². The summed E-state index contributed by atoms with van der Waals surface area (Å²) in [5.41, 5.74) is 7.15. The van der Waals surface area contributed by atoms with Gasteiger partial charge in [-0.3, -0.25) is 28.9 Å². The van der Waals surface area contributed by atoms with Crippen molar-refractivity contribution in [3.63, 3.8) is 0 Å². The van der Waals surface area contributed by atoms with E-state index in [-0.39, 0.29) is 30.1 Å². The van der Waals surface area contributed by atoms with Crippen molar-refractivity contribution in [2.24, 2.45) is 0 Å². The Labute approximate surface area is 372 Å². The number of benzene rings is 6. The van der Waals surface area contributed by atoms with Gasteiger partial charge in [0.05, 0.1) is 57.7 Å². The molecule has 2 aliphatic rings. The van der Waals surface area contributed by atoms with E-state index in [1.807, 2.05) is 94.1 Å². The number of carbonyl (C=O) groups excluding carboxylic acids is 4. The van der Waals surface area contributed by atoms with Gasteiger partial charge in [0.2, 0.25) is 0 Å². The number of phenolic OH excluding ortho intramolecular Hbond substituents is 1. The molecule has 0 bridgehead atoms. The largest absolute Gasteiger partial charge is 0.508 e. The average molecular weight is 863 g/mol. The number of rotatable bonds is 15. The predicted octanol–water partition coefficient (Wildman–Crippen LogP) is 8.39. The summed E-state index contributed by atoms with van der Waals surface area (Å²) in [7, 11) is 0. The maximum absolute atomic E-state index is 13.2. The normalized spacial score (nSPS) is 13.2. The molecule has 0 radical (unpaired) electrons. The van der Waals surface area contributed by atoms with Gasteiger partial charge in [-0.15, -0.1) is 10.1 Å². The van der Waals surface area contributed by atoms with Crippen LogP contribution in [0.15, 0.2) is 164 Å². The molecule has 0 saturated heterocycles. The van der Waals surface area contributed by atoms with Crippen LogP contribution in [0.4, 0.5) is 0 Å². The highest BCUT2D eigenvalue weighted by Gasteiger charge is 2.38. The van der Waals surface area contributed by atoms with Crippen LogP contribution in [-0.4, -0.2) is 58.0 Å². The SMILES string of the molecule is O=C1c2ccccc2C(=O)N1OCc1c(Cc2ccccc2)ncn1Cc1cccc(Oc2cccc(-c3ncn(Cc4cccc(O)c4)c3CON3C(=O)c4ccccc4C3=O)c2)c1. The zero-order valence-electron chi connectivity index (χ0n) is 34.6. The van der Waals surface area contributed by atoms with Gasteiger partial charge in [-0.2, -0.15) is 0 Å². The first-order valence-corrected chi connectivity index (χ1v) is 20.7. The first-order chi connectivity index (χ1) is 31.8. The number of imidazole rings is 2. The fraction of sp³-hybridized carbons (Fsp3) is 0.0980. The number of hydrogen-bond acceptors (Lipinski definition) is 10. The average Bonchev–Trinajstić information content (AvgIpc) is 4.03. The van der Waals surface area contributed by atoms with Crippen molar-refractivity contribution in [3.8, 4) is 28.5 Å². The number of aromatic hydroxyl groups is 1. The van der Waals surface area contributed by atoms with Gasteiger partial charge in [0.25, 0.3) is 23.6 Å². The van der Waals surface area contributed by atoms with Gasteiger partial charge in [0, 0.05) is 25.1 Å². The summed E-state index contributed by atoms with van der Waals surface area (Å²) in [6.07, 6.45) is 3.89. The smallest absolute Gasteiger partial charge is 0.285 e. The third-order valence-electron chi connectivity index (χ3n) is 11.2. The topological polar surface area (TPSA) is 158 Å². The third kappa shape index (κ3) is 8.18. The minimum atomic E-state index is -0.546. The molecule has 14 heteroatoms. The molecule has 0 atom stereocenters. The Hall–Kier alpha value is -8.46. The van der Waals surface area contributed by atoms with E-state index in [1.165, 1.54) is 0 Å². The van der Waals surface area contributed by atoms with Crippen LogP contribution in [-0.2, 0) is 42.4 Å². The summed E-state index contributed by atoms with van der Waals surface area (Å²) in [6, 6.07) is 45.0. The first kappa shape index (κ1) is 40.6. The number of aromatic nitrogens is 4. The highest BCUT2D eigenvalue weighted by atomic mass is 16.7. The minimum absolute atomic E-state index is 0.0779. The highest BCUT2D eigenvalue weighted by Crippen LogP contribution is 2.32. The fourth-order valence-electron chi connectivity index (χ4n) is 8.04. The summed E-state index contributed by atoms with van der Waals surface area (Å²) < 4.78 is 10.2. The quantitative estimate of drug-likeness (QED) is 0.0993. The number of carbonyl (C=O) groups is 4. The molecule has 2 aliphatic heterocycles. The molecule has 0 aliphatic carbocycles. The van der Waals surface area contributed by atoms with E-state index >= 15 is 0 Å². The van der Waals surface area contributed by atoms with Gasteiger partial charge in [-0.1, -0.05) is 91.0 Å². The number of ether oxygens (including phenoxy) is 1. The number of hydroxylamine groups is 4. The molecule has 4 heterocycles. The molecule has 0 spiro atoms. The van der Waals surface area contributed by atoms with E-state index in [9.17, 15) is 24.3 Å². The zero-order valence-corrected chi connectivity index (χ0v) is 34.6. The van der Waals surface area contributed by atoms with Crippen LogP contribution < -0.4 is 4.74 Å². The predicted molar refractivity (Wildman–Crippen MR) is 235 cm³/mol. The van der Waals surface area contributed by atoms with E-state index in [4.69, 9.17) is 24.4 Å². The molecule has 1 N–H and O–H groups in total. The summed E-state index contributed by atoms with van der Waals surface area (Å²) in [4.78, 5) is 74.1. The number of fused-ring (bicyclic) bond motifs is 2. The van der Waals surface area contributed by atoms with Gasteiger partial charge in [-0.25, -0.2) is 9.97 Å². The fourth-order valence-corrected chi connectivity index (χ4v) is 8.04. The van der Waals surface area contributed by atoms with E-state index in [1.54, 1.807) is 79.4 Å². The van der Waals surface area contributed by atoms with Gasteiger partial charge in [0.1, 0.15) is 30.5 Å². The standard InChI is InChI=1S/C51H38N6O8/c58-37-16-8-13-34(23-37)27-55-32-53-47(46(55)30-64-57-50(61)42-21-6-7-22-43(42)51(57)62)36-15-10-18-39(26-36)65-38-17-9-14-35(24-38)28-54-31-52-44(25-33-11-2-1-3-12-33)45(54)29-63-56-48(59)40-19-4-5-20-41(40)49(56)60/h1-24,26,31-32,58H,25,27-30H2. The lowest BCUT2D eigenvalue weighted by molar-refractivity contribution is -0.102. The minimum Gasteiger partial charge on any atom is -0.508 e. The summed E-state index contributed by atoms with van der Waals surface area (Å²) in [5, 5.41) is 11.8.